The molecule has 0 saturated carbocycles. The van der Waals surface area contributed by atoms with E-state index in [1.165, 1.54) is 23.0 Å². The lowest BCUT2D eigenvalue weighted by atomic mass is 10.1. The standard InChI is InChI=1S/C25H20N2O4S.C19H16N2O.CH4/c1-18-6-10-23(11-7-18)32(28,29)31-17-30-22-9-8-20-15-25(26-16-21(20)14-22)27-13-12-19-4-2-3-5-24(19)27;1-2-22-17-8-7-15-12-19(20-13-16(15)11-17)21-10-9-14-5-3-4-6-18(14)21;/h2-16H,17H2,1H3;3-13H,2H2,1H3;1H4. The van der Waals surface area contributed by atoms with Gasteiger partial charge in [0.1, 0.15) is 23.1 Å². The zero-order valence-corrected chi connectivity index (χ0v) is 30.5. The highest BCUT2D eigenvalue weighted by Crippen LogP contribution is 2.27. The van der Waals surface area contributed by atoms with Crippen molar-refractivity contribution in [3.8, 4) is 23.1 Å². The van der Waals surface area contributed by atoms with Gasteiger partial charge in [-0.15, -0.1) is 0 Å². The van der Waals surface area contributed by atoms with Crippen molar-refractivity contribution in [2.45, 2.75) is 26.2 Å². The third-order valence-corrected chi connectivity index (χ3v) is 10.4. The largest absolute Gasteiger partial charge is 0.494 e. The zero-order valence-electron chi connectivity index (χ0n) is 29.7. The molecule has 9 rings (SSSR count). The first-order valence-corrected chi connectivity index (χ1v) is 18.9. The van der Waals surface area contributed by atoms with E-state index in [9.17, 15) is 8.42 Å². The molecule has 4 heterocycles. The third kappa shape index (κ3) is 7.91. The van der Waals surface area contributed by atoms with Crippen LogP contribution in [0.4, 0.5) is 0 Å². The molecule has 0 N–H and O–H groups in total. The van der Waals surface area contributed by atoms with E-state index in [2.05, 4.69) is 75.3 Å². The highest BCUT2D eigenvalue weighted by Gasteiger charge is 2.15. The van der Waals surface area contributed by atoms with Crippen molar-refractivity contribution in [2.24, 2.45) is 0 Å². The lowest BCUT2D eigenvalue weighted by Gasteiger charge is -2.10. The van der Waals surface area contributed by atoms with Crippen LogP contribution in [0.15, 0.2) is 163 Å². The Kier molecular flexibility index (Phi) is 10.6. The van der Waals surface area contributed by atoms with Crippen LogP contribution >= 0.6 is 0 Å². The van der Waals surface area contributed by atoms with Gasteiger partial charge in [0.25, 0.3) is 10.1 Å². The summed E-state index contributed by atoms with van der Waals surface area (Å²) < 4.78 is 44.8. The van der Waals surface area contributed by atoms with Gasteiger partial charge in [0.15, 0.2) is 0 Å². The number of rotatable bonds is 9. The molecule has 0 saturated heterocycles. The summed E-state index contributed by atoms with van der Waals surface area (Å²) in [7, 11) is -3.88. The normalized spacial score (nSPS) is 11.3. The molecule has 0 atom stereocenters. The highest BCUT2D eigenvalue weighted by atomic mass is 32.2. The van der Waals surface area contributed by atoms with Crippen molar-refractivity contribution in [3.63, 3.8) is 0 Å². The quantitative estimate of drug-likeness (QED) is 0.107. The van der Waals surface area contributed by atoms with E-state index in [4.69, 9.17) is 13.7 Å². The second-order valence-corrected chi connectivity index (χ2v) is 14.3. The fraction of sp³-hybridized carbons (Fsp3) is 0.111. The van der Waals surface area contributed by atoms with Gasteiger partial charge >= 0.3 is 0 Å². The average Bonchev–Trinajstić information content (AvgIpc) is 3.83. The first-order chi connectivity index (χ1) is 26.3. The number of ether oxygens (including phenoxy) is 2. The van der Waals surface area contributed by atoms with Gasteiger partial charge in [-0.3, -0.25) is 0 Å². The Morgan fingerprint density at radius 1 is 0.564 bits per heavy atom. The highest BCUT2D eigenvalue weighted by molar-refractivity contribution is 7.86. The van der Waals surface area contributed by atoms with Gasteiger partial charge in [0.2, 0.25) is 6.79 Å². The molecule has 0 aliphatic carbocycles. The Morgan fingerprint density at radius 3 is 1.60 bits per heavy atom. The molecule has 5 aromatic carbocycles. The number of para-hydroxylation sites is 2. The number of pyridine rings is 2. The maximum atomic E-state index is 12.3. The van der Waals surface area contributed by atoms with Gasteiger partial charge in [0.05, 0.1) is 22.5 Å². The monoisotopic (exact) mass is 748 g/mol. The summed E-state index contributed by atoms with van der Waals surface area (Å²) in [6.45, 7) is 4.14. The number of aryl methyl sites for hydroxylation is 1. The van der Waals surface area contributed by atoms with Crippen molar-refractivity contribution >= 4 is 53.5 Å². The molecule has 55 heavy (non-hydrogen) atoms. The van der Waals surface area contributed by atoms with Gasteiger partial charge in [-0.2, -0.15) is 8.42 Å². The Hall–Kier alpha value is -6.49. The Morgan fingerprint density at radius 2 is 1.07 bits per heavy atom. The van der Waals surface area contributed by atoms with E-state index in [1.54, 1.807) is 24.4 Å². The van der Waals surface area contributed by atoms with Crippen LogP contribution in [0.25, 0.3) is 55.0 Å². The van der Waals surface area contributed by atoms with Crippen LogP contribution in [0.3, 0.4) is 0 Å². The summed E-state index contributed by atoms with van der Waals surface area (Å²) in [6, 6.07) is 42.8. The van der Waals surface area contributed by atoms with Gasteiger partial charge in [-0.05, 0) is 108 Å². The van der Waals surface area contributed by atoms with Crippen molar-refractivity contribution in [2.75, 3.05) is 13.4 Å². The summed E-state index contributed by atoms with van der Waals surface area (Å²) >= 11 is 0. The van der Waals surface area contributed by atoms with E-state index >= 15 is 0 Å². The molecule has 9 aromatic rings. The number of benzene rings is 5. The lowest BCUT2D eigenvalue weighted by Crippen LogP contribution is -2.11. The second kappa shape index (κ2) is 15.9. The number of aromatic nitrogens is 4. The molecular formula is C45H40N4O5S. The molecule has 0 amide bonds. The van der Waals surface area contributed by atoms with E-state index in [1.807, 2.05) is 79.3 Å². The Bertz CT molecular complexity index is 2860. The molecule has 0 aliphatic heterocycles. The minimum absolute atomic E-state index is 0. The molecule has 0 spiro atoms. The van der Waals surface area contributed by atoms with E-state index in [0.717, 1.165) is 55.4 Å². The molecule has 0 aliphatic rings. The summed E-state index contributed by atoms with van der Waals surface area (Å²) in [5.74, 6) is 3.13. The lowest BCUT2D eigenvalue weighted by molar-refractivity contribution is 0.126. The van der Waals surface area contributed by atoms with Crippen LogP contribution in [-0.2, 0) is 14.3 Å². The van der Waals surface area contributed by atoms with Crippen molar-refractivity contribution < 1.29 is 22.1 Å². The van der Waals surface area contributed by atoms with Crippen LogP contribution in [0.2, 0.25) is 0 Å². The number of fused-ring (bicyclic) bond motifs is 4. The second-order valence-electron chi connectivity index (χ2n) is 12.7. The first-order valence-electron chi connectivity index (χ1n) is 17.5. The van der Waals surface area contributed by atoms with E-state index in [0.29, 0.717) is 12.4 Å². The number of hydrogen-bond donors (Lipinski definition) is 0. The van der Waals surface area contributed by atoms with Crippen LogP contribution < -0.4 is 9.47 Å². The van der Waals surface area contributed by atoms with E-state index in [-0.39, 0.29) is 12.3 Å². The number of hydrogen-bond acceptors (Lipinski definition) is 7. The summed E-state index contributed by atoms with van der Waals surface area (Å²) in [5, 5.41) is 6.49. The zero-order chi connectivity index (χ0) is 37.1. The SMILES string of the molecule is C.CCOc1ccc2cc(-n3ccc4ccccc43)ncc2c1.Cc1ccc(S(=O)(=O)OCOc2ccc3cc(-n4ccc5ccccc54)ncc3c2)cc1. The molecule has 4 aromatic heterocycles. The minimum atomic E-state index is -3.88. The molecule has 0 radical (unpaired) electrons. The van der Waals surface area contributed by atoms with Crippen molar-refractivity contribution in [1.29, 1.82) is 0 Å². The predicted molar refractivity (Wildman–Crippen MR) is 220 cm³/mol. The van der Waals surface area contributed by atoms with Gasteiger partial charge in [-0.25, -0.2) is 14.2 Å². The maximum Gasteiger partial charge on any atom is 0.300 e. The maximum absolute atomic E-state index is 12.3. The molecule has 276 valence electrons. The van der Waals surface area contributed by atoms with Crippen LogP contribution in [0, 0.1) is 6.92 Å². The summed E-state index contributed by atoms with van der Waals surface area (Å²) in [6.07, 6.45) is 7.74. The molecule has 10 heteroatoms. The average molecular weight is 749 g/mol. The van der Waals surface area contributed by atoms with Crippen molar-refractivity contribution in [3.05, 3.63) is 164 Å². The summed E-state index contributed by atoms with van der Waals surface area (Å²) in [5.41, 5.74) is 3.23. The minimum Gasteiger partial charge on any atom is -0.494 e. The molecule has 0 fully saturated rings. The van der Waals surface area contributed by atoms with Crippen LogP contribution in [0.5, 0.6) is 11.5 Å². The predicted octanol–water partition coefficient (Wildman–Crippen LogP) is 10.4. The van der Waals surface area contributed by atoms with Crippen LogP contribution in [-0.4, -0.2) is 40.9 Å². The van der Waals surface area contributed by atoms with Gasteiger partial charge < -0.3 is 18.6 Å². The van der Waals surface area contributed by atoms with E-state index < -0.39 is 16.9 Å². The van der Waals surface area contributed by atoms with Gasteiger partial charge in [-0.1, -0.05) is 73.7 Å². The third-order valence-electron chi connectivity index (χ3n) is 9.10. The van der Waals surface area contributed by atoms with Crippen LogP contribution in [0.1, 0.15) is 19.9 Å². The topological polar surface area (TPSA) is 97.5 Å². The number of nitrogens with zero attached hydrogens (tertiary/aromatic N) is 4. The Balaban J connectivity index is 0.000000177. The fourth-order valence-corrected chi connectivity index (χ4v) is 7.10. The van der Waals surface area contributed by atoms with Crippen molar-refractivity contribution in [1.82, 2.24) is 19.1 Å². The molecular weight excluding hydrogens is 709 g/mol. The smallest absolute Gasteiger partial charge is 0.300 e. The molecule has 9 nitrogen and oxygen atoms in total. The Labute approximate surface area is 320 Å². The molecule has 0 unspecified atom stereocenters. The summed E-state index contributed by atoms with van der Waals surface area (Å²) in [4.78, 5) is 9.29. The fourth-order valence-electron chi connectivity index (χ4n) is 6.32. The van der Waals surface area contributed by atoms with Gasteiger partial charge in [0, 0.05) is 35.6 Å². The first kappa shape index (κ1) is 36.9. The molecule has 0 bridgehead atoms.